The number of ether oxygens (including phenoxy) is 1. The van der Waals surface area contributed by atoms with Crippen LogP contribution in [0.4, 0.5) is 5.69 Å². The monoisotopic (exact) mass is 274 g/mol. The number of carbonyl (C=O) groups excluding carboxylic acids is 1. The molecule has 0 N–H and O–H groups in total. The highest BCUT2D eigenvalue weighted by Gasteiger charge is 2.31. The third-order valence-corrected chi connectivity index (χ3v) is 4.37. The molecule has 1 aliphatic heterocycles. The quantitative estimate of drug-likeness (QED) is 0.790. The largest absolute Gasteiger partial charge is 0.465 e. The standard InChI is InChI=1S/C16H22N2O2/c1-12-3-4-14(11-15(12)16(19)20-2)18-9-7-17(8-10-18)13-5-6-13/h3-4,11,13H,5-10H2,1-2H3. The molecule has 0 unspecified atom stereocenters. The molecule has 0 aromatic heterocycles. The van der Waals surface area contributed by atoms with Gasteiger partial charge in [0.05, 0.1) is 12.7 Å². The van der Waals surface area contributed by atoms with Gasteiger partial charge in [-0.1, -0.05) is 6.07 Å². The van der Waals surface area contributed by atoms with Gasteiger partial charge in [-0.25, -0.2) is 4.79 Å². The first-order valence-corrected chi connectivity index (χ1v) is 7.37. The van der Waals surface area contributed by atoms with Gasteiger partial charge in [0.1, 0.15) is 0 Å². The van der Waals surface area contributed by atoms with Crippen LogP contribution in [0.2, 0.25) is 0 Å². The van der Waals surface area contributed by atoms with E-state index < -0.39 is 0 Å². The molecule has 1 heterocycles. The summed E-state index contributed by atoms with van der Waals surface area (Å²) in [7, 11) is 1.43. The van der Waals surface area contributed by atoms with Gasteiger partial charge < -0.3 is 9.64 Å². The van der Waals surface area contributed by atoms with Gasteiger partial charge in [-0.15, -0.1) is 0 Å². The number of hydrogen-bond acceptors (Lipinski definition) is 4. The Morgan fingerprint density at radius 2 is 1.90 bits per heavy atom. The molecular weight excluding hydrogens is 252 g/mol. The molecule has 0 radical (unpaired) electrons. The van der Waals surface area contributed by atoms with E-state index in [0.29, 0.717) is 5.56 Å². The lowest BCUT2D eigenvalue weighted by Gasteiger charge is -2.36. The van der Waals surface area contributed by atoms with Crippen LogP contribution in [0, 0.1) is 6.92 Å². The summed E-state index contributed by atoms with van der Waals surface area (Å²) in [5.74, 6) is -0.249. The first-order chi connectivity index (χ1) is 9.69. The van der Waals surface area contributed by atoms with Gasteiger partial charge in [-0.3, -0.25) is 4.90 Å². The smallest absolute Gasteiger partial charge is 0.338 e. The number of esters is 1. The van der Waals surface area contributed by atoms with Gasteiger partial charge in [0.25, 0.3) is 0 Å². The summed E-state index contributed by atoms with van der Waals surface area (Å²) in [6.45, 7) is 6.29. The molecule has 2 aliphatic rings. The van der Waals surface area contributed by atoms with Crippen molar-refractivity contribution in [2.45, 2.75) is 25.8 Å². The summed E-state index contributed by atoms with van der Waals surface area (Å²) in [6.07, 6.45) is 2.74. The Morgan fingerprint density at radius 3 is 2.50 bits per heavy atom. The summed E-state index contributed by atoms with van der Waals surface area (Å²) >= 11 is 0. The van der Waals surface area contributed by atoms with Crippen LogP contribution in [0.25, 0.3) is 0 Å². The first-order valence-electron chi connectivity index (χ1n) is 7.37. The van der Waals surface area contributed by atoms with Crippen molar-refractivity contribution >= 4 is 11.7 Å². The van der Waals surface area contributed by atoms with Crippen molar-refractivity contribution in [1.82, 2.24) is 4.90 Å². The van der Waals surface area contributed by atoms with Gasteiger partial charge in [0.15, 0.2) is 0 Å². The molecule has 1 aliphatic carbocycles. The number of aryl methyl sites for hydroxylation is 1. The van der Waals surface area contributed by atoms with E-state index in [1.807, 2.05) is 19.1 Å². The minimum Gasteiger partial charge on any atom is -0.465 e. The molecule has 4 heteroatoms. The predicted octanol–water partition coefficient (Wildman–Crippen LogP) is 2.07. The van der Waals surface area contributed by atoms with Crippen molar-refractivity contribution in [3.63, 3.8) is 0 Å². The van der Waals surface area contributed by atoms with Crippen molar-refractivity contribution in [3.8, 4) is 0 Å². The van der Waals surface area contributed by atoms with Crippen LogP contribution in [0.1, 0.15) is 28.8 Å². The molecule has 3 rings (SSSR count). The Bertz CT molecular complexity index is 503. The summed E-state index contributed by atoms with van der Waals surface area (Å²) in [4.78, 5) is 16.7. The van der Waals surface area contributed by atoms with E-state index in [1.54, 1.807) is 0 Å². The van der Waals surface area contributed by atoms with Gasteiger partial charge in [0.2, 0.25) is 0 Å². The zero-order chi connectivity index (χ0) is 14.1. The summed E-state index contributed by atoms with van der Waals surface area (Å²) in [5, 5.41) is 0. The van der Waals surface area contributed by atoms with Crippen LogP contribution in [0.15, 0.2) is 18.2 Å². The fraction of sp³-hybridized carbons (Fsp3) is 0.562. The number of hydrogen-bond donors (Lipinski definition) is 0. The predicted molar refractivity (Wildman–Crippen MR) is 79.3 cm³/mol. The van der Waals surface area contributed by atoms with Crippen LogP contribution < -0.4 is 4.90 Å². The Hall–Kier alpha value is -1.55. The van der Waals surface area contributed by atoms with E-state index in [4.69, 9.17) is 4.74 Å². The van der Waals surface area contributed by atoms with Crippen molar-refractivity contribution < 1.29 is 9.53 Å². The number of benzene rings is 1. The second-order valence-corrected chi connectivity index (χ2v) is 5.74. The van der Waals surface area contributed by atoms with Crippen LogP contribution >= 0.6 is 0 Å². The number of rotatable bonds is 3. The number of piperazine rings is 1. The van der Waals surface area contributed by atoms with E-state index in [9.17, 15) is 4.79 Å². The van der Waals surface area contributed by atoms with E-state index in [2.05, 4.69) is 15.9 Å². The molecule has 0 bridgehead atoms. The van der Waals surface area contributed by atoms with Crippen LogP contribution in [0.5, 0.6) is 0 Å². The molecular formula is C16H22N2O2. The lowest BCUT2D eigenvalue weighted by molar-refractivity contribution is 0.0600. The normalized spacial score (nSPS) is 20.0. The highest BCUT2D eigenvalue weighted by atomic mass is 16.5. The number of carbonyl (C=O) groups is 1. The molecule has 1 aromatic rings. The van der Waals surface area contributed by atoms with Crippen molar-refractivity contribution in [3.05, 3.63) is 29.3 Å². The second-order valence-electron chi connectivity index (χ2n) is 5.74. The molecule has 4 nitrogen and oxygen atoms in total. The van der Waals surface area contributed by atoms with Crippen LogP contribution in [-0.4, -0.2) is 50.2 Å². The molecule has 108 valence electrons. The average Bonchev–Trinajstić information content (AvgIpc) is 3.32. The molecule has 1 saturated heterocycles. The lowest BCUT2D eigenvalue weighted by atomic mass is 10.1. The van der Waals surface area contributed by atoms with Crippen LogP contribution in [-0.2, 0) is 4.74 Å². The summed E-state index contributed by atoms with van der Waals surface area (Å²) < 4.78 is 4.85. The molecule has 0 spiro atoms. The minimum absolute atomic E-state index is 0.249. The molecule has 20 heavy (non-hydrogen) atoms. The average molecular weight is 274 g/mol. The summed E-state index contributed by atoms with van der Waals surface area (Å²) in [6, 6.07) is 6.93. The van der Waals surface area contributed by atoms with Gasteiger partial charge in [-0.2, -0.15) is 0 Å². The highest BCUT2D eigenvalue weighted by molar-refractivity contribution is 5.92. The van der Waals surface area contributed by atoms with E-state index in [-0.39, 0.29) is 5.97 Å². The number of nitrogens with zero attached hydrogens (tertiary/aromatic N) is 2. The Balaban J connectivity index is 1.72. The van der Waals surface area contributed by atoms with Gasteiger partial charge in [-0.05, 0) is 37.5 Å². The summed E-state index contributed by atoms with van der Waals surface area (Å²) in [5.41, 5.74) is 2.78. The third kappa shape index (κ3) is 2.66. The maximum absolute atomic E-state index is 11.8. The molecule has 1 saturated carbocycles. The minimum atomic E-state index is -0.249. The van der Waals surface area contributed by atoms with Gasteiger partial charge >= 0.3 is 5.97 Å². The van der Waals surface area contributed by atoms with Crippen molar-refractivity contribution in [1.29, 1.82) is 0 Å². The van der Waals surface area contributed by atoms with Crippen molar-refractivity contribution in [2.24, 2.45) is 0 Å². The van der Waals surface area contributed by atoms with Crippen LogP contribution in [0.3, 0.4) is 0 Å². The molecule has 0 atom stereocenters. The molecule has 2 fully saturated rings. The third-order valence-electron chi connectivity index (χ3n) is 4.37. The fourth-order valence-corrected chi connectivity index (χ4v) is 2.92. The van der Waals surface area contributed by atoms with Crippen molar-refractivity contribution in [2.75, 3.05) is 38.2 Å². The van der Waals surface area contributed by atoms with E-state index in [1.165, 1.54) is 20.0 Å². The Morgan fingerprint density at radius 1 is 1.20 bits per heavy atom. The van der Waals surface area contributed by atoms with Gasteiger partial charge in [0, 0.05) is 37.9 Å². The molecule has 1 aromatic carbocycles. The maximum atomic E-state index is 11.8. The first kappa shape index (κ1) is 13.4. The zero-order valence-corrected chi connectivity index (χ0v) is 12.3. The zero-order valence-electron chi connectivity index (χ0n) is 12.3. The lowest BCUT2D eigenvalue weighted by Crippen LogP contribution is -2.47. The topological polar surface area (TPSA) is 32.8 Å². The highest BCUT2D eigenvalue weighted by Crippen LogP contribution is 2.29. The number of methoxy groups -OCH3 is 1. The fourth-order valence-electron chi connectivity index (χ4n) is 2.92. The maximum Gasteiger partial charge on any atom is 0.338 e. The Labute approximate surface area is 120 Å². The SMILES string of the molecule is COC(=O)c1cc(N2CCN(C3CC3)CC2)ccc1C. The number of anilines is 1. The van der Waals surface area contributed by atoms with E-state index in [0.717, 1.165) is 43.5 Å². The Kier molecular flexibility index (Phi) is 3.66. The molecule has 0 amide bonds. The van der Waals surface area contributed by atoms with E-state index >= 15 is 0 Å². The second kappa shape index (κ2) is 5.44.